The van der Waals surface area contributed by atoms with Crippen molar-refractivity contribution in [3.8, 4) is 11.8 Å². The topological polar surface area (TPSA) is 36.3 Å². The first-order valence-corrected chi connectivity index (χ1v) is 7.80. The zero-order valence-electron chi connectivity index (χ0n) is 13.1. The second kappa shape index (κ2) is 6.70. The molecule has 0 spiro atoms. The van der Waals surface area contributed by atoms with Crippen molar-refractivity contribution in [1.29, 1.82) is 5.26 Å². The summed E-state index contributed by atoms with van der Waals surface area (Å²) >= 11 is 0. The van der Waals surface area contributed by atoms with Crippen LogP contribution in [0, 0.1) is 17.1 Å². The van der Waals surface area contributed by atoms with Gasteiger partial charge in [-0.05, 0) is 48.6 Å². The van der Waals surface area contributed by atoms with Crippen LogP contribution in [0.1, 0.15) is 29.9 Å². The molecule has 0 aliphatic carbocycles. The van der Waals surface area contributed by atoms with Gasteiger partial charge in [0.1, 0.15) is 23.2 Å². The molecule has 0 radical (unpaired) electrons. The van der Waals surface area contributed by atoms with Crippen LogP contribution in [-0.4, -0.2) is 20.2 Å². The molecule has 0 aromatic heterocycles. The first-order chi connectivity index (χ1) is 11.2. The van der Waals surface area contributed by atoms with Crippen molar-refractivity contribution in [1.82, 2.24) is 0 Å². The van der Waals surface area contributed by atoms with Gasteiger partial charge in [0.15, 0.2) is 0 Å². The monoisotopic (exact) mass is 310 g/mol. The number of rotatable bonds is 3. The lowest BCUT2D eigenvalue weighted by atomic mass is 9.89. The zero-order valence-corrected chi connectivity index (χ0v) is 13.1. The fourth-order valence-electron chi connectivity index (χ4n) is 3.24. The maximum absolute atomic E-state index is 13.8. The van der Waals surface area contributed by atoms with Gasteiger partial charge in [0.05, 0.1) is 12.8 Å². The number of hydrogen-bond acceptors (Lipinski definition) is 3. The predicted molar refractivity (Wildman–Crippen MR) is 88.3 cm³/mol. The van der Waals surface area contributed by atoms with Gasteiger partial charge in [-0.3, -0.25) is 0 Å². The van der Waals surface area contributed by atoms with E-state index in [0.717, 1.165) is 31.7 Å². The van der Waals surface area contributed by atoms with Crippen molar-refractivity contribution in [2.45, 2.75) is 18.8 Å². The van der Waals surface area contributed by atoms with E-state index >= 15 is 0 Å². The summed E-state index contributed by atoms with van der Waals surface area (Å²) in [6, 6.07) is 15.0. The summed E-state index contributed by atoms with van der Waals surface area (Å²) in [5.41, 5.74) is 2.13. The third-order valence-corrected chi connectivity index (χ3v) is 4.50. The highest BCUT2D eigenvalue weighted by atomic mass is 19.1. The Kier molecular flexibility index (Phi) is 4.47. The highest BCUT2D eigenvalue weighted by Crippen LogP contribution is 2.33. The van der Waals surface area contributed by atoms with Gasteiger partial charge < -0.3 is 9.64 Å². The molecular formula is C19H19FN2O. The molecule has 1 aliphatic rings. The van der Waals surface area contributed by atoms with Crippen LogP contribution >= 0.6 is 0 Å². The third kappa shape index (κ3) is 3.14. The lowest BCUT2D eigenvalue weighted by molar-refractivity contribution is 0.412. The Balaban J connectivity index is 1.74. The molecule has 1 aliphatic heterocycles. The first-order valence-electron chi connectivity index (χ1n) is 7.80. The number of hydrogen-bond donors (Lipinski definition) is 0. The highest BCUT2D eigenvalue weighted by Gasteiger charge is 2.23. The molecule has 23 heavy (non-hydrogen) atoms. The molecule has 4 heteroatoms. The van der Waals surface area contributed by atoms with E-state index < -0.39 is 5.82 Å². The van der Waals surface area contributed by atoms with Crippen LogP contribution in [0.25, 0.3) is 0 Å². The zero-order chi connectivity index (χ0) is 16.2. The second-order valence-electron chi connectivity index (χ2n) is 5.78. The van der Waals surface area contributed by atoms with Gasteiger partial charge in [0.2, 0.25) is 0 Å². The second-order valence-corrected chi connectivity index (χ2v) is 5.78. The fraction of sp³-hybridized carbons (Fsp3) is 0.316. The van der Waals surface area contributed by atoms with Gasteiger partial charge in [-0.2, -0.15) is 5.26 Å². The van der Waals surface area contributed by atoms with Crippen molar-refractivity contribution < 1.29 is 9.13 Å². The Morgan fingerprint density at radius 3 is 2.61 bits per heavy atom. The van der Waals surface area contributed by atoms with Crippen molar-refractivity contribution in [3.05, 3.63) is 59.4 Å². The van der Waals surface area contributed by atoms with Gasteiger partial charge >= 0.3 is 0 Å². The van der Waals surface area contributed by atoms with E-state index in [0.29, 0.717) is 11.6 Å². The maximum Gasteiger partial charge on any atom is 0.143 e. The Morgan fingerprint density at radius 1 is 1.17 bits per heavy atom. The smallest absolute Gasteiger partial charge is 0.143 e. The third-order valence-electron chi connectivity index (χ3n) is 4.50. The number of piperidine rings is 1. The van der Waals surface area contributed by atoms with Gasteiger partial charge in [-0.25, -0.2) is 4.39 Å². The molecule has 1 fully saturated rings. The molecule has 1 saturated heterocycles. The minimum Gasteiger partial charge on any atom is -0.497 e. The highest BCUT2D eigenvalue weighted by molar-refractivity contribution is 5.60. The normalized spacial score (nSPS) is 15.3. The summed E-state index contributed by atoms with van der Waals surface area (Å²) in [6.07, 6.45) is 1.96. The van der Waals surface area contributed by atoms with Gasteiger partial charge in [-0.1, -0.05) is 18.2 Å². The summed E-state index contributed by atoms with van der Waals surface area (Å²) in [7, 11) is 1.68. The average Bonchev–Trinajstić information content (AvgIpc) is 2.61. The number of ether oxygens (including phenoxy) is 1. The van der Waals surface area contributed by atoms with Gasteiger partial charge in [0, 0.05) is 13.1 Å². The van der Waals surface area contributed by atoms with Crippen LogP contribution in [0.15, 0.2) is 42.5 Å². The molecule has 3 rings (SSSR count). The molecule has 0 amide bonds. The van der Waals surface area contributed by atoms with Crippen molar-refractivity contribution >= 4 is 5.69 Å². The molecule has 2 aromatic carbocycles. The molecule has 0 unspecified atom stereocenters. The molecule has 118 valence electrons. The van der Waals surface area contributed by atoms with E-state index in [1.54, 1.807) is 13.2 Å². The fourth-order valence-corrected chi connectivity index (χ4v) is 3.24. The molecule has 0 N–H and O–H groups in total. The first kappa shape index (κ1) is 15.4. The number of anilines is 1. The van der Waals surface area contributed by atoms with Gasteiger partial charge in [-0.15, -0.1) is 0 Å². The average molecular weight is 310 g/mol. The predicted octanol–water partition coefficient (Wildman–Crippen LogP) is 4.09. The molecular weight excluding hydrogens is 291 g/mol. The summed E-state index contributed by atoms with van der Waals surface area (Å²) in [4.78, 5) is 2.11. The van der Waals surface area contributed by atoms with Crippen LogP contribution in [0.5, 0.6) is 5.75 Å². The minimum atomic E-state index is -0.445. The molecule has 0 bridgehead atoms. The summed E-state index contributed by atoms with van der Waals surface area (Å²) in [5.74, 6) is 0.905. The van der Waals surface area contributed by atoms with Gasteiger partial charge in [0.25, 0.3) is 0 Å². The maximum atomic E-state index is 13.8. The molecule has 0 saturated carbocycles. The van der Waals surface area contributed by atoms with E-state index in [1.165, 1.54) is 11.6 Å². The molecule has 2 aromatic rings. The van der Waals surface area contributed by atoms with Crippen LogP contribution in [0.4, 0.5) is 10.1 Å². The van der Waals surface area contributed by atoms with E-state index in [2.05, 4.69) is 17.0 Å². The van der Waals surface area contributed by atoms with E-state index in [9.17, 15) is 9.65 Å². The van der Waals surface area contributed by atoms with Crippen LogP contribution in [-0.2, 0) is 0 Å². The van der Waals surface area contributed by atoms with Crippen molar-refractivity contribution in [2.75, 3.05) is 25.1 Å². The molecule has 0 atom stereocenters. The van der Waals surface area contributed by atoms with Crippen LogP contribution in [0.3, 0.4) is 0 Å². The Bertz CT molecular complexity index is 730. The van der Waals surface area contributed by atoms with Crippen molar-refractivity contribution in [3.63, 3.8) is 0 Å². The Labute approximate surface area is 135 Å². The summed E-state index contributed by atoms with van der Waals surface area (Å²) in [6.45, 7) is 1.64. The quantitative estimate of drug-likeness (QED) is 0.856. The number of halogens is 1. The summed E-state index contributed by atoms with van der Waals surface area (Å²) in [5, 5.41) is 9.19. The SMILES string of the molecule is COc1cccc(C2CCN(c3cccc(F)c3C#N)CC2)c1. The number of benzene rings is 2. The van der Waals surface area contributed by atoms with Crippen molar-refractivity contribution in [2.24, 2.45) is 0 Å². The number of nitrogens with zero attached hydrogens (tertiary/aromatic N) is 2. The lowest BCUT2D eigenvalue weighted by Crippen LogP contribution is -2.33. The van der Waals surface area contributed by atoms with E-state index in [1.807, 2.05) is 24.3 Å². The number of methoxy groups -OCH3 is 1. The van der Waals surface area contributed by atoms with E-state index in [-0.39, 0.29) is 5.56 Å². The Morgan fingerprint density at radius 2 is 1.91 bits per heavy atom. The van der Waals surface area contributed by atoms with E-state index in [4.69, 9.17) is 4.74 Å². The van der Waals surface area contributed by atoms with Crippen LogP contribution in [0.2, 0.25) is 0 Å². The molecule has 3 nitrogen and oxygen atoms in total. The largest absolute Gasteiger partial charge is 0.497 e. The lowest BCUT2D eigenvalue weighted by Gasteiger charge is -2.34. The number of nitriles is 1. The Hall–Kier alpha value is -2.54. The summed E-state index contributed by atoms with van der Waals surface area (Å²) < 4.78 is 19.1. The minimum absolute atomic E-state index is 0.146. The standard InChI is InChI=1S/C19H19FN2O/c1-23-16-5-2-4-15(12-16)14-8-10-22(11-9-14)19-7-3-6-18(20)17(19)13-21/h2-7,12,14H,8-11H2,1H3. The van der Waals surface area contributed by atoms with Crippen LogP contribution < -0.4 is 9.64 Å². The molecule has 1 heterocycles.